The molecule has 3 aromatic carbocycles. The molecule has 1 N–H and O–H groups in total. The SMILES string of the molecule is CCOc1ccc(-n2c(SCC(=O)Nc3ccc(C)c(F)c3)nnc2-c2ccccc2)cc1. The second-order valence-electron chi connectivity index (χ2n) is 7.24. The molecule has 0 spiro atoms. The molecule has 0 unspecified atom stereocenters. The first kappa shape index (κ1) is 22.5. The summed E-state index contributed by atoms with van der Waals surface area (Å²) >= 11 is 1.26. The number of nitrogens with one attached hydrogen (secondary N) is 1. The van der Waals surface area contributed by atoms with Gasteiger partial charge in [0.2, 0.25) is 5.91 Å². The van der Waals surface area contributed by atoms with E-state index in [1.54, 1.807) is 19.1 Å². The molecule has 0 aliphatic rings. The molecule has 0 fully saturated rings. The van der Waals surface area contributed by atoms with Gasteiger partial charge in [0.05, 0.1) is 12.4 Å². The summed E-state index contributed by atoms with van der Waals surface area (Å²) in [4.78, 5) is 12.5. The largest absolute Gasteiger partial charge is 0.494 e. The minimum Gasteiger partial charge on any atom is -0.494 e. The van der Waals surface area contributed by atoms with Crippen LogP contribution in [0.3, 0.4) is 0 Å². The van der Waals surface area contributed by atoms with Crippen LogP contribution in [0.15, 0.2) is 78.0 Å². The minimum atomic E-state index is -0.358. The topological polar surface area (TPSA) is 69.0 Å². The molecule has 8 heteroatoms. The van der Waals surface area contributed by atoms with Crippen molar-refractivity contribution in [1.29, 1.82) is 0 Å². The van der Waals surface area contributed by atoms with Gasteiger partial charge in [-0.3, -0.25) is 9.36 Å². The molecule has 0 radical (unpaired) electrons. The second-order valence-corrected chi connectivity index (χ2v) is 8.18. The Morgan fingerprint density at radius 3 is 2.52 bits per heavy atom. The highest BCUT2D eigenvalue weighted by Crippen LogP contribution is 2.29. The summed E-state index contributed by atoms with van der Waals surface area (Å²) in [5, 5.41) is 12.0. The Morgan fingerprint density at radius 2 is 1.82 bits per heavy atom. The summed E-state index contributed by atoms with van der Waals surface area (Å²) in [6.07, 6.45) is 0. The van der Waals surface area contributed by atoms with E-state index in [0.717, 1.165) is 17.0 Å². The van der Waals surface area contributed by atoms with Crippen molar-refractivity contribution in [1.82, 2.24) is 14.8 Å². The maximum atomic E-state index is 13.8. The molecule has 4 rings (SSSR count). The van der Waals surface area contributed by atoms with Gasteiger partial charge in [-0.1, -0.05) is 48.2 Å². The molecule has 0 aliphatic carbocycles. The second kappa shape index (κ2) is 10.3. The Bertz CT molecular complexity index is 1240. The predicted molar refractivity (Wildman–Crippen MR) is 128 cm³/mol. The van der Waals surface area contributed by atoms with Crippen LogP contribution in [0, 0.1) is 12.7 Å². The zero-order valence-corrected chi connectivity index (χ0v) is 19.1. The fourth-order valence-electron chi connectivity index (χ4n) is 3.23. The lowest BCUT2D eigenvalue weighted by atomic mass is 10.2. The van der Waals surface area contributed by atoms with Crippen molar-refractivity contribution >= 4 is 23.4 Å². The number of ether oxygens (including phenoxy) is 1. The average molecular weight is 463 g/mol. The minimum absolute atomic E-state index is 0.0967. The van der Waals surface area contributed by atoms with E-state index in [9.17, 15) is 9.18 Å². The highest BCUT2D eigenvalue weighted by atomic mass is 32.2. The summed E-state index contributed by atoms with van der Waals surface area (Å²) < 4.78 is 21.2. The number of amides is 1. The number of hydrogen-bond acceptors (Lipinski definition) is 5. The zero-order chi connectivity index (χ0) is 23.2. The first-order valence-electron chi connectivity index (χ1n) is 10.5. The maximum absolute atomic E-state index is 13.8. The molecule has 33 heavy (non-hydrogen) atoms. The fraction of sp³-hybridized carbons (Fsp3) is 0.160. The number of halogens is 1. The molecule has 0 saturated heterocycles. The number of aryl methyl sites for hydroxylation is 1. The van der Waals surface area contributed by atoms with E-state index in [4.69, 9.17) is 4.74 Å². The van der Waals surface area contributed by atoms with E-state index in [2.05, 4.69) is 15.5 Å². The monoisotopic (exact) mass is 462 g/mol. The van der Waals surface area contributed by atoms with Crippen LogP contribution in [-0.2, 0) is 4.79 Å². The number of carbonyl (C=O) groups excluding carboxylic acids is 1. The third-order valence-corrected chi connectivity index (χ3v) is 5.79. The van der Waals surface area contributed by atoms with E-state index in [1.165, 1.54) is 17.8 Å². The third kappa shape index (κ3) is 5.40. The lowest BCUT2D eigenvalue weighted by Gasteiger charge is -2.12. The van der Waals surface area contributed by atoms with Gasteiger partial charge < -0.3 is 10.1 Å². The number of aromatic nitrogens is 3. The first-order valence-corrected chi connectivity index (χ1v) is 11.5. The standard InChI is InChI=1S/C25H23FN4O2S/c1-3-32-21-13-11-20(12-14-21)30-24(18-7-5-4-6-8-18)28-29-25(30)33-16-23(31)27-19-10-9-17(2)22(26)15-19/h4-15H,3,16H2,1-2H3,(H,27,31). The van der Waals surface area contributed by atoms with Gasteiger partial charge >= 0.3 is 0 Å². The summed E-state index contributed by atoms with van der Waals surface area (Å²) in [7, 11) is 0. The van der Waals surface area contributed by atoms with Gasteiger partial charge in [0, 0.05) is 16.9 Å². The molecule has 168 valence electrons. The number of anilines is 1. The van der Waals surface area contributed by atoms with Gasteiger partial charge in [0.25, 0.3) is 0 Å². The van der Waals surface area contributed by atoms with Crippen molar-refractivity contribution in [3.8, 4) is 22.8 Å². The fourth-order valence-corrected chi connectivity index (χ4v) is 3.98. The highest BCUT2D eigenvalue weighted by molar-refractivity contribution is 7.99. The van der Waals surface area contributed by atoms with Crippen LogP contribution >= 0.6 is 11.8 Å². The van der Waals surface area contributed by atoms with E-state index in [-0.39, 0.29) is 17.5 Å². The van der Waals surface area contributed by atoms with Gasteiger partial charge in [-0.15, -0.1) is 10.2 Å². The van der Waals surface area contributed by atoms with E-state index in [1.807, 2.05) is 66.1 Å². The van der Waals surface area contributed by atoms with E-state index in [0.29, 0.717) is 28.8 Å². The van der Waals surface area contributed by atoms with Crippen LogP contribution in [0.4, 0.5) is 10.1 Å². The van der Waals surface area contributed by atoms with E-state index < -0.39 is 0 Å². The number of benzene rings is 3. The zero-order valence-electron chi connectivity index (χ0n) is 18.3. The Balaban J connectivity index is 1.57. The Hall–Kier alpha value is -3.65. The van der Waals surface area contributed by atoms with Gasteiger partial charge in [0.15, 0.2) is 11.0 Å². The summed E-state index contributed by atoms with van der Waals surface area (Å²) in [6.45, 7) is 4.20. The molecule has 1 heterocycles. The molecule has 0 bridgehead atoms. The summed E-state index contributed by atoms with van der Waals surface area (Å²) in [5.41, 5.74) is 2.71. The van der Waals surface area contributed by atoms with Crippen molar-refractivity contribution in [2.24, 2.45) is 0 Å². The van der Waals surface area contributed by atoms with Gasteiger partial charge in [-0.2, -0.15) is 0 Å². The first-order chi connectivity index (χ1) is 16.0. The summed E-state index contributed by atoms with van der Waals surface area (Å²) in [5.74, 6) is 0.922. The number of carbonyl (C=O) groups is 1. The quantitative estimate of drug-likeness (QED) is 0.350. The molecule has 0 atom stereocenters. The van der Waals surface area contributed by atoms with Crippen molar-refractivity contribution in [2.75, 3.05) is 17.7 Å². The molecule has 0 aliphatic heterocycles. The van der Waals surface area contributed by atoms with Crippen LogP contribution in [0.1, 0.15) is 12.5 Å². The van der Waals surface area contributed by atoms with Crippen LogP contribution < -0.4 is 10.1 Å². The predicted octanol–water partition coefficient (Wildman–Crippen LogP) is 5.51. The molecule has 1 aromatic heterocycles. The smallest absolute Gasteiger partial charge is 0.234 e. The van der Waals surface area contributed by atoms with Crippen LogP contribution in [0.2, 0.25) is 0 Å². The Labute approximate surface area is 195 Å². The third-order valence-electron chi connectivity index (χ3n) is 4.86. The number of nitrogens with zero attached hydrogens (tertiary/aromatic N) is 3. The van der Waals surface area contributed by atoms with Gasteiger partial charge in [0.1, 0.15) is 11.6 Å². The summed E-state index contributed by atoms with van der Waals surface area (Å²) in [6, 6.07) is 22.0. The number of hydrogen-bond donors (Lipinski definition) is 1. The van der Waals surface area contributed by atoms with Crippen molar-refractivity contribution in [3.63, 3.8) is 0 Å². The molecular formula is C25H23FN4O2S. The van der Waals surface area contributed by atoms with Crippen LogP contribution in [-0.4, -0.2) is 33.0 Å². The highest BCUT2D eigenvalue weighted by Gasteiger charge is 2.17. The molecular weight excluding hydrogens is 439 g/mol. The number of thioether (sulfide) groups is 1. The van der Waals surface area contributed by atoms with Crippen LogP contribution in [0.5, 0.6) is 5.75 Å². The molecule has 0 saturated carbocycles. The lowest BCUT2D eigenvalue weighted by molar-refractivity contribution is -0.113. The van der Waals surface area contributed by atoms with E-state index >= 15 is 0 Å². The lowest BCUT2D eigenvalue weighted by Crippen LogP contribution is -2.14. The van der Waals surface area contributed by atoms with Crippen LogP contribution in [0.25, 0.3) is 17.1 Å². The van der Waals surface area contributed by atoms with Crippen molar-refractivity contribution < 1.29 is 13.9 Å². The average Bonchev–Trinajstić information content (AvgIpc) is 3.25. The Morgan fingerprint density at radius 1 is 1.06 bits per heavy atom. The maximum Gasteiger partial charge on any atom is 0.234 e. The molecule has 6 nitrogen and oxygen atoms in total. The normalized spacial score (nSPS) is 10.8. The van der Waals surface area contributed by atoms with Gasteiger partial charge in [-0.25, -0.2) is 4.39 Å². The number of rotatable bonds is 8. The molecule has 1 amide bonds. The van der Waals surface area contributed by atoms with Crippen molar-refractivity contribution in [2.45, 2.75) is 19.0 Å². The molecule has 4 aromatic rings. The van der Waals surface area contributed by atoms with Crippen molar-refractivity contribution in [3.05, 3.63) is 84.2 Å². The Kier molecular flexibility index (Phi) is 7.04. The van der Waals surface area contributed by atoms with Gasteiger partial charge in [-0.05, 0) is 55.8 Å².